The highest BCUT2D eigenvalue weighted by atomic mass is 19.1. The molecule has 1 aliphatic rings. The summed E-state index contributed by atoms with van der Waals surface area (Å²) in [5.74, 6) is -2.07. The molecule has 5 nitrogen and oxygen atoms in total. The van der Waals surface area contributed by atoms with Gasteiger partial charge in [0.1, 0.15) is 5.82 Å². The minimum atomic E-state index is -1.08. The minimum absolute atomic E-state index is 0.0601. The van der Waals surface area contributed by atoms with Crippen LogP contribution in [0.3, 0.4) is 0 Å². The van der Waals surface area contributed by atoms with Crippen molar-refractivity contribution in [3.63, 3.8) is 0 Å². The summed E-state index contributed by atoms with van der Waals surface area (Å²) in [6.07, 6.45) is 1.58. The first-order valence-corrected chi connectivity index (χ1v) is 6.50. The van der Waals surface area contributed by atoms with E-state index >= 15 is 0 Å². The van der Waals surface area contributed by atoms with Gasteiger partial charge in [-0.15, -0.1) is 0 Å². The van der Waals surface area contributed by atoms with Crippen molar-refractivity contribution < 1.29 is 19.1 Å². The highest BCUT2D eigenvalue weighted by Crippen LogP contribution is 2.20. The second-order valence-corrected chi connectivity index (χ2v) is 5.09. The predicted molar refractivity (Wildman–Crippen MR) is 70.6 cm³/mol. The van der Waals surface area contributed by atoms with Gasteiger partial charge in [-0.2, -0.15) is 0 Å². The number of halogens is 1. The summed E-state index contributed by atoms with van der Waals surface area (Å²) in [7, 11) is 0. The van der Waals surface area contributed by atoms with Crippen molar-refractivity contribution in [3.05, 3.63) is 35.1 Å². The van der Waals surface area contributed by atoms with Crippen molar-refractivity contribution in [2.45, 2.75) is 19.4 Å². The van der Waals surface area contributed by atoms with Crippen LogP contribution in [0.4, 0.5) is 4.39 Å². The van der Waals surface area contributed by atoms with Gasteiger partial charge in [0.2, 0.25) is 5.91 Å². The Bertz CT molecular complexity index is 533. The molecule has 1 fully saturated rings. The number of hydrogen-bond donors (Lipinski definition) is 2. The van der Waals surface area contributed by atoms with Crippen molar-refractivity contribution in [2.75, 3.05) is 13.1 Å². The number of carbonyl (C=O) groups is 2. The van der Waals surface area contributed by atoms with Crippen LogP contribution in [-0.4, -0.2) is 35.0 Å². The first-order valence-electron chi connectivity index (χ1n) is 6.50. The second-order valence-electron chi connectivity index (χ2n) is 5.09. The minimum Gasteiger partial charge on any atom is -0.478 e. The van der Waals surface area contributed by atoms with E-state index in [2.05, 4.69) is 0 Å². The number of carboxylic acid groups (broad SMARTS) is 1. The SMILES string of the molecule is NC(=O)C1CCCN(Cc2cc(C(=O)O)ccc2F)C1. The average molecular weight is 280 g/mol. The Morgan fingerprint density at radius 1 is 1.45 bits per heavy atom. The van der Waals surface area contributed by atoms with Crippen LogP contribution in [0.15, 0.2) is 18.2 Å². The van der Waals surface area contributed by atoms with Gasteiger partial charge in [0.15, 0.2) is 0 Å². The lowest BCUT2D eigenvalue weighted by Gasteiger charge is -2.31. The molecule has 1 saturated heterocycles. The zero-order valence-corrected chi connectivity index (χ0v) is 11.0. The molecular formula is C14H17FN2O3. The highest BCUT2D eigenvalue weighted by molar-refractivity contribution is 5.87. The first kappa shape index (κ1) is 14.5. The van der Waals surface area contributed by atoms with E-state index in [-0.39, 0.29) is 23.9 Å². The number of nitrogens with zero attached hydrogens (tertiary/aromatic N) is 1. The van der Waals surface area contributed by atoms with Crippen molar-refractivity contribution in [1.29, 1.82) is 0 Å². The second kappa shape index (κ2) is 6.00. The van der Waals surface area contributed by atoms with E-state index in [9.17, 15) is 14.0 Å². The molecular weight excluding hydrogens is 263 g/mol. The zero-order valence-electron chi connectivity index (χ0n) is 11.0. The monoisotopic (exact) mass is 280 g/mol. The molecule has 0 aliphatic carbocycles. The summed E-state index contributed by atoms with van der Waals surface area (Å²) in [5.41, 5.74) is 5.69. The topological polar surface area (TPSA) is 83.6 Å². The van der Waals surface area contributed by atoms with Crippen LogP contribution in [0, 0.1) is 11.7 Å². The number of likely N-dealkylation sites (tertiary alicyclic amines) is 1. The number of benzene rings is 1. The van der Waals surface area contributed by atoms with Crippen molar-refractivity contribution >= 4 is 11.9 Å². The van der Waals surface area contributed by atoms with Crippen LogP contribution >= 0.6 is 0 Å². The Labute approximate surface area is 116 Å². The lowest BCUT2D eigenvalue weighted by atomic mass is 9.97. The van der Waals surface area contributed by atoms with Gasteiger partial charge in [0, 0.05) is 18.7 Å². The van der Waals surface area contributed by atoms with E-state index in [1.165, 1.54) is 12.1 Å². The molecule has 2 rings (SSSR count). The fourth-order valence-electron chi connectivity index (χ4n) is 2.50. The third-order valence-corrected chi connectivity index (χ3v) is 3.59. The van der Waals surface area contributed by atoms with Crippen LogP contribution in [0.1, 0.15) is 28.8 Å². The van der Waals surface area contributed by atoms with Gasteiger partial charge >= 0.3 is 5.97 Å². The van der Waals surface area contributed by atoms with Crippen LogP contribution in [0.5, 0.6) is 0 Å². The normalized spacial score (nSPS) is 19.8. The molecule has 0 aromatic heterocycles. The Hall–Kier alpha value is -1.95. The number of primary amides is 1. The number of piperidine rings is 1. The van der Waals surface area contributed by atoms with Crippen LogP contribution in [0.25, 0.3) is 0 Å². The van der Waals surface area contributed by atoms with Crippen LogP contribution < -0.4 is 5.73 Å². The Balaban J connectivity index is 2.11. The van der Waals surface area contributed by atoms with E-state index in [0.717, 1.165) is 25.5 Å². The summed E-state index contributed by atoms with van der Waals surface area (Å²) in [4.78, 5) is 24.0. The van der Waals surface area contributed by atoms with E-state index in [1.807, 2.05) is 4.90 Å². The van der Waals surface area contributed by atoms with Crippen molar-refractivity contribution in [1.82, 2.24) is 4.90 Å². The molecule has 0 radical (unpaired) electrons. The quantitative estimate of drug-likeness (QED) is 0.868. The molecule has 0 saturated carbocycles. The molecule has 1 aromatic rings. The Morgan fingerprint density at radius 2 is 2.20 bits per heavy atom. The van der Waals surface area contributed by atoms with Crippen molar-refractivity contribution in [3.8, 4) is 0 Å². The molecule has 1 heterocycles. The Kier molecular flexibility index (Phi) is 4.34. The summed E-state index contributed by atoms with van der Waals surface area (Å²) in [6.45, 7) is 1.53. The van der Waals surface area contributed by atoms with Gasteiger partial charge in [-0.05, 0) is 37.6 Å². The fourth-order valence-corrected chi connectivity index (χ4v) is 2.50. The zero-order chi connectivity index (χ0) is 14.7. The number of amides is 1. The van der Waals surface area contributed by atoms with Crippen LogP contribution in [-0.2, 0) is 11.3 Å². The molecule has 1 aliphatic heterocycles. The van der Waals surface area contributed by atoms with Gasteiger partial charge in [-0.3, -0.25) is 9.69 Å². The number of hydrogen-bond acceptors (Lipinski definition) is 3. The number of nitrogens with two attached hydrogens (primary N) is 1. The van der Waals surface area contributed by atoms with Gasteiger partial charge in [0.05, 0.1) is 11.5 Å². The van der Waals surface area contributed by atoms with Gasteiger partial charge < -0.3 is 10.8 Å². The molecule has 1 amide bonds. The molecule has 108 valence electrons. The van der Waals surface area contributed by atoms with E-state index in [1.54, 1.807) is 0 Å². The number of carbonyl (C=O) groups excluding carboxylic acids is 1. The molecule has 20 heavy (non-hydrogen) atoms. The summed E-state index contributed by atoms with van der Waals surface area (Å²) < 4.78 is 13.7. The molecule has 0 bridgehead atoms. The Morgan fingerprint density at radius 3 is 2.85 bits per heavy atom. The molecule has 1 aromatic carbocycles. The molecule has 0 spiro atoms. The number of aromatic carboxylic acids is 1. The lowest BCUT2D eigenvalue weighted by Crippen LogP contribution is -2.40. The lowest BCUT2D eigenvalue weighted by molar-refractivity contribution is -0.123. The fraction of sp³-hybridized carbons (Fsp3) is 0.429. The van der Waals surface area contributed by atoms with Crippen molar-refractivity contribution in [2.24, 2.45) is 11.7 Å². The third-order valence-electron chi connectivity index (χ3n) is 3.59. The number of carboxylic acids is 1. The van der Waals surface area contributed by atoms with Gasteiger partial charge in [-0.1, -0.05) is 0 Å². The van der Waals surface area contributed by atoms with E-state index in [0.29, 0.717) is 12.1 Å². The predicted octanol–water partition coefficient (Wildman–Crippen LogP) is 1.22. The highest BCUT2D eigenvalue weighted by Gasteiger charge is 2.24. The molecule has 1 atom stereocenters. The van der Waals surface area contributed by atoms with Gasteiger partial charge in [0.25, 0.3) is 0 Å². The van der Waals surface area contributed by atoms with E-state index < -0.39 is 11.8 Å². The third kappa shape index (κ3) is 3.33. The number of rotatable bonds is 4. The maximum atomic E-state index is 13.7. The molecule has 6 heteroatoms. The molecule has 1 unspecified atom stereocenters. The van der Waals surface area contributed by atoms with Gasteiger partial charge in [-0.25, -0.2) is 9.18 Å². The summed E-state index contributed by atoms with van der Waals surface area (Å²) in [5, 5.41) is 8.92. The summed E-state index contributed by atoms with van der Waals surface area (Å²) >= 11 is 0. The largest absolute Gasteiger partial charge is 0.478 e. The van der Waals surface area contributed by atoms with Crippen LogP contribution in [0.2, 0.25) is 0 Å². The standard InChI is InChI=1S/C14H17FN2O3/c15-12-4-3-9(14(19)20)6-11(12)8-17-5-1-2-10(7-17)13(16)18/h3-4,6,10H,1-2,5,7-8H2,(H2,16,18)(H,19,20). The smallest absolute Gasteiger partial charge is 0.335 e. The summed E-state index contributed by atoms with van der Waals surface area (Å²) in [6, 6.07) is 3.74. The maximum Gasteiger partial charge on any atom is 0.335 e. The first-order chi connectivity index (χ1) is 9.47. The average Bonchev–Trinajstić information content (AvgIpc) is 2.41. The molecule has 3 N–H and O–H groups in total. The van der Waals surface area contributed by atoms with E-state index in [4.69, 9.17) is 10.8 Å². The maximum absolute atomic E-state index is 13.7.